The maximum Gasteiger partial charge on any atom is 0.284 e. The molecule has 4 rings (SSSR count). The lowest BCUT2D eigenvalue weighted by atomic mass is 10.2. The number of hydrogen-bond donors (Lipinski definition) is 3. The zero-order valence-electron chi connectivity index (χ0n) is 18.8. The number of anilines is 4. The smallest absolute Gasteiger partial charge is 0.284 e. The van der Waals surface area contributed by atoms with E-state index in [9.17, 15) is 14.9 Å². The zero-order chi connectivity index (χ0) is 24.2. The molecule has 0 bridgehead atoms. The Balaban J connectivity index is 1.50. The van der Waals surface area contributed by atoms with Crippen molar-refractivity contribution in [2.24, 2.45) is 0 Å². The SMILES string of the molecule is CN(C)c1ccc(N/C(=C/[N+](=O)[O-])N2CCc3nc(C(=O)Nc4ccccc4N)sc3C2)cc1. The molecule has 1 aromatic heterocycles. The lowest BCUT2D eigenvalue weighted by Crippen LogP contribution is -2.33. The van der Waals surface area contributed by atoms with Crippen LogP contribution in [0.2, 0.25) is 0 Å². The van der Waals surface area contributed by atoms with Gasteiger partial charge < -0.3 is 26.2 Å². The summed E-state index contributed by atoms with van der Waals surface area (Å²) in [5.74, 6) is 0.0497. The van der Waals surface area contributed by atoms with Crippen LogP contribution in [0.25, 0.3) is 0 Å². The third-order valence-corrected chi connectivity index (χ3v) is 6.44. The van der Waals surface area contributed by atoms with Crippen LogP contribution in [0.4, 0.5) is 22.7 Å². The van der Waals surface area contributed by atoms with Crippen LogP contribution in [0.3, 0.4) is 0 Å². The highest BCUT2D eigenvalue weighted by Crippen LogP contribution is 2.29. The quantitative estimate of drug-likeness (QED) is 0.266. The first-order chi connectivity index (χ1) is 16.3. The van der Waals surface area contributed by atoms with E-state index in [2.05, 4.69) is 15.6 Å². The number of hydrogen-bond acceptors (Lipinski definition) is 9. The number of nitrogens with one attached hydrogen (secondary N) is 2. The molecule has 0 fully saturated rings. The zero-order valence-corrected chi connectivity index (χ0v) is 19.6. The monoisotopic (exact) mass is 479 g/mol. The summed E-state index contributed by atoms with van der Waals surface area (Å²) in [5.41, 5.74) is 9.53. The summed E-state index contributed by atoms with van der Waals surface area (Å²) in [6.07, 6.45) is 1.54. The Kier molecular flexibility index (Phi) is 6.64. The van der Waals surface area contributed by atoms with Gasteiger partial charge in [-0.05, 0) is 36.4 Å². The standard InChI is InChI=1S/C23H25N7O3S/c1-28(2)16-9-7-15(8-10-16)25-21(14-30(32)33)29-12-11-19-20(13-29)34-23(27-19)22(31)26-18-6-4-3-5-17(18)24/h3-10,14,25H,11-13,24H2,1-2H3,(H,26,31)/b21-14-. The molecule has 1 aliphatic heterocycles. The summed E-state index contributed by atoms with van der Waals surface area (Å²) in [7, 11) is 3.90. The van der Waals surface area contributed by atoms with E-state index in [0.29, 0.717) is 41.7 Å². The third-order valence-electron chi connectivity index (χ3n) is 5.36. The summed E-state index contributed by atoms with van der Waals surface area (Å²) in [4.78, 5) is 32.8. The number of benzene rings is 2. The Morgan fingerprint density at radius 1 is 1.21 bits per heavy atom. The lowest BCUT2D eigenvalue weighted by Gasteiger charge is -2.29. The summed E-state index contributed by atoms with van der Waals surface area (Å²) in [6, 6.07) is 14.7. The molecule has 0 aliphatic carbocycles. The van der Waals surface area contributed by atoms with Crippen LogP contribution < -0.4 is 21.3 Å². The average molecular weight is 480 g/mol. The Morgan fingerprint density at radius 3 is 2.62 bits per heavy atom. The molecule has 0 saturated carbocycles. The van der Waals surface area contributed by atoms with Gasteiger partial charge >= 0.3 is 0 Å². The average Bonchev–Trinajstić information content (AvgIpc) is 3.24. The van der Waals surface area contributed by atoms with E-state index in [-0.39, 0.29) is 5.91 Å². The van der Waals surface area contributed by atoms with E-state index < -0.39 is 4.92 Å². The summed E-state index contributed by atoms with van der Waals surface area (Å²) < 4.78 is 0. The van der Waals surface area contributed by atoms with Crippen molar-refractivity contribution in [1.82, 2.24) is 9.88 Å². The van der Waals surface area contributed by atoms with Crippen LogP contribution in [0.15, 0.2) is 60.6 Å². The number of carbonyl (C=O) groups is 1. The van der Waals surface area contributed by atoms with E-state index in [1.807, 2.05) is 48.2 Å². The molecule has 0 radical (unpaired) electrons. The molecule has 4 N–H and O–H groups in total. The summed E-state index contributed by atoms with van der Waals surface area (Å²) >= 11 is 1.28. The molecule has 0 spiro atoms. The van der Waals surface area contributed by atoms with Crippen molar-refractivity contribution in [3.8, 4) is 0 Å². The molecule has 3 aromatic rings. The molecule has 34 heavy (non-hydrogen) atoms. The Labute approximate surface area is 200 Å². The number of fused-ring (bicyclic) bond motifs is 1. The van der Waals surface area contributed by atoms with Gasteiger partial charge in [-0.25, -0.2) is 4.98 Å². The van der Waals surface area contributed by atoms with Crippen molar-refractivity contribution in [1.29, 1.82) is 0 Å². The van der Waals surface area contributed by atoms with Crippen molar-refractivity contribution in [2.75, 3.05) is 41.9 Å². The minimum atomic E-state index is -0.470. The molecule has 11 heteroatoms. The fourth-order valence-electron chi connectivity index (χ4n) is 3.57. The second kappa shape index (κ2) is 9.79. The third kappa shape index (κ3) is 5.26. The first-order valence-electron chi connectivity index (χ1n) is 10.6. The van der Waals surface area contributed by atoms with Crippen molar-refractivity contribution in [3.05, 3.63) is 86.2 Å². The first-order valence-corrected chi connectivity index (χ1v) is 11.4. The van der Waals surface area contributed by atoms with Gasteiger partial charge in [-0.15, -0.1) is 11.3 Å². The molecule has 2 heterocycles. The Bertz CT molecular complexity index is 1240. The number of nitrogen functional groups attached to an aromatic ring is 1. The molecule has 1 aliphatic rings. The summed E-state index contributed by atoms with van der Waals surface area (Å²) in [6.45, 7) is 0.947. The number of carbonyl (C=O) groups excluding carboxylic acids is 1. The minimum Gasteiger partial charge on any atom is -0.397 e. The van der Waals surface area contributed by atoms with Crippen LogP contribution in [-0.4, -0.2) is 41.4 Å². The van der Waals surface area contributed by atoms with E-state index >= 15 is 0 Å². The van der Waals surface area contributed by atoms with Gasteiger partial charge in [-0.2, -0.15) is 0 Å². The van der Waals surface area contributed by atoms with Gasteiger partial charge in [0.15, 0.2) is 10.8 Å². The number of nitrogens with zero attached hydrogens (tertiary/aromatic N) is 4. The van der Waals surface area contributed by atoms with Gasteiger partial charge in [0.25, 0.3) is 12.1 Å². The first kappa shape index (κ1) is 23.1. The predicted octanol–water partition coefficient (Wildman–Crippen LogP) is 3.59. The number of aromatic nitrogens is 1. The van der Waals surface area contributed by atoms with E-state index in [0.717, 1.165) is 28.1 Å². The Morgan fingerprint density at radius 2 is 1.94 bits per heavy atom. The van der Waals surface area contributed by atoms with Crippen molar-refractivity contribution in [3.63, 3.8) is 0 Å². The van der Waals surface area contributed by atoms with Crippen LogP contribution in [0.5, 0.6) is 0 Å². The highest BCUT2D eigenvalue weighted by Gasteiger charge is 2.26. The second-order valence-electron chi connectivity index (χ2n) is 7.97. The largest absolute Gasteiger partial charge is 0.397 e. The van der Waals surface area contributed by atoms with Gasteiger partial charge in [-0.1, -0.05) is 12.1 Å². The number of para-hydroxylation sites is 2. The van der Waals surface area contributed by atoms with Gasteiger partial charge in [0.2, 0.25) is 0 Å². The number of amides is 1. The van der Waals surface area contributed by atoms with Crippen LogP contribution in [0.1, 0.15) is 20.4 Å². The number of rotatable bonds is 7. The molecule has 0 atom stereocenters. The van der Waals surface area contributed by atoms with Gasteiger partial charge in [-0.3, -0.25) is 14.9 Å². The van der Waals surface area contributed by atoms with Gasteiger partial charge in [0.05, 0.1) is 28.5 Å². The van der Waals surface area contributed by atoms with Crippen LogP contribution >= 0.6 is 11.3 Å². The van der Waals surface area contributed by atoms with Crippen molar-refractivity contribution >= 4 is 40.0 Å². The normalized spacial score (nSPS) is 13.2. The van der Waals surface area contributed by atoms with Gasteiger partial charge in [0, 0.05) is 43.3 Å². The van der Waals surface area contributed by atoms with Crippen LogP contribution in [-0.2, 0) is 13.0 Å². The van der Waals surface area contributed by atoms with E-state index in [1.54, 1.807) is 24.3 Å². The fourth-order valence-corrected chi connectivity index (χ4v) is 4.59. The molecule has 1 amide bonds. The molecule has 0 unspecified atom stereocenters. The number of nitrogens with two attached hydrogens (primary N) is 1. The topological polar surface area (TPSA) is 130 Å². The molecular weight excluding hydrogens is 454 g/mol. The molecule has 176 valence electrons. The maximum atomic E-state index is 12.7. The highest BCUT2D eigenvalue weighted by atomic mass is 32.1. The minimum absolute atomic E-state index is 0.330. The van der Waals surface area contributed by atoms with Gasteiger partial charge in [0.1, 0.15) is 0 Å². The van der Waals surface area contributed by atoms with E-state index in [1.165, 1.54) is 11.3 Å². The number of nitro groups is 1. The Hall–Kier alpha value is -4.12. The highest BCUT2D eigenvalue weighted by molar-refractivity contribution is 7.13. The number of thiazole rings is 1. The van der Waals surface area contributed by atoms with E-state index in [4.69, 9.17) is 5.73 Å². The molecular formula is C23H25N7O3S. The second-order valence-corrected chi connectivity index (χ2v) is 9.05. The summed E-state index contributed by atoms with van der Waals surface area (Å²) in [5, 5.41) is 17.6. The fraction of sp³-hybridized carbons (Fsp3) is 0.217. The maximum absolute atomic E-state index is 12.7. The van der Waals surface area contributed by atoms with Crippen LogP contribution in [0, 0.1) is 10.1 Å². The van der Waals surface area contributed by atoms with Crippen molar-refractivity contribution in [2.45, 2.75) is 13.0 Å². The molecule has 0 saturated heterocycles. The predicted molar refractivity (Wildman–Crippen MR) is 135 cm³/mol. The lowest BCUT2D eigenvalue weighted by molar-refractivity contribution is -0.404. The molecule has 2 aromatic carbocycles. The van der Waals surface area contributed by atoms with Crippen molar-refractivity contribution < 1.29 is 9.72 Å². The molecule has 10 nitrogen and oxygen atoms in total.